The molecule has 2 aromatic carbocycles. The molecule has 3 amide bonds. The number of aryl methyl sites for hydroxylation is 2. The fourth-order valence-electron chi connectivity index (χ4n) is 3.05. The number of nitrogens with zero attached hydrogens (tertiary/aromatic N) is 1. The number of morpholine rings is 1. The lowest BCUT2D eigenvalue weighted by atomic mass is 10.1. The molecule has 1 fully saturated rings. The first kappa shape index (κ1) is 19.2. The van der Waals surface area contributed by atoms with Gasteiger partial charge in [0.25, 0.3) is 5.91 Å². The number of carbonyl (C=O) groups is 2. The van der Waals surface area contributed by atoms with Crippen molar-refractivity contribution in [3.63, 3.8) is 0 Å². The average molecular weight is 388 g/mol. The van der Waals surface area contributed by atoms with Crippen molar-refractivity contribution in [1.82, 2.24) is 5.32 Å². The van der Waals surface area contributed by atoms with Crippen LogP contribution in [0.4, 0.5) is 16.2 Å². The number of carbonyl (C=O) groups excluding carboxylic acids is 2. The molecule has 0 radical (unpaired) electrons. The van der Waals surface area contributed by atoms with Crippen molar-refractivity contribution in [1.29, 1.82) is 0 Å². The Kier molecular flexibility index (Phi) is 5.98. The molecule has 1 atom stereocenters. The van der Waals surface area contributed by atoms with Gasteiger partial charge in [-0.15, -0.1) is 0 Å². The molecule has 0 aromatic heterocycles. The van der Waals surface area contributed by atoms with Gasteiger partial charge >= 0.3 is 6.03 Å². The summed E-state index contributed by atoms with van der Waals surface area (Å²) in [6.07, 6.45) is -0.284. The van der Waals surface area contributed by atoms with Gasteiger partial charge in [0.2, 0.25) is 0 Å². The molecule has 1 saturated heterocycles. The summed E-state index contributed by atoms with van der Waals surface area (Å²) in [6.45, 7) is 4.68. The van der Waals surface area contributed by atoms with Gasteiger partial charge in [-0.05, 0) is 55.3 Å². The highest BCUT2D eigenvalue weighted by Crippen LogP contribution is 2.22. The van der Waals surface area contributed by atoms with Crippen molar-refractivity contribution < 1.29 is 14.3 Å². The summed E-state index contributed by atoms with van der Waals surface area (Å²) in [5, 5.41) is 6.04. The lowest BCUT2D eigenvalue weighted by molar-refractivity contribution is -0.129. The van der Waals surface area contributed by atoms with Crippen LogP contribution in [0.2, 0.25) is 5.02 Å². The molecule has 27 heavy (non-hydrogen) atoms. The molecule has 2 aromatic rings. The van der Waals surface area contributed by atoms with Crippen molar-refractivity contribution in [3.05, 3.63) is 58.6 Å². The lowest BCUT2D eigenvalue weighted by Gasteiger charge is -2.33. The van der Waals surface area contributed by atoms with E-state index in [9.17, 15) is 9.59 Å². The van der Waals surface area contributed by atoms with Gasteiger partial charge in [-0.1, -0.05) is 23.7 Å². The highest BCUT2D eigenvalue weighted by molar-refractivity contribution is 6.30. The van der Waals surface area contributed by atoms with E-state index in [-0.39, 0.29) is 24.6 Å². The number of hydrogen-bond donors (Lipinski definition) is 2. The van der Waals surface area contributed by atoms with Gasteiger partial charge in [-0.2, -0.15) is 0 Å². The van der Waals surface area contributed by atoms with E-state index in [2.05, 4.69) is 16.7 Å². The van der Waals surface area contributed by atoms with Crippen molar-refractivity contribution in [2.75, 3.05) is 29.9 Å². The van der Waals surface area contributed by atoms with E-state index in [1.54, 1.807) is 29.2 Å². The van der Waals surface area contributed by atoms with E-state index >= 15 is 0 Å². The number of anilines is 2. The van der Waals surface area contributed by atoms with Crippen molar-refractivity contribution >= 4 is 34.9 Å². The molecule has 1 aliphatic heterocycles. The third-order valence-electron chi connectivity index (χ3n) is 4.22. The van der Waals surface area contributed by atoms with Crippen LogP contribution in [0.3, 0.4) is 0 Å². The van der Waals surface area contributed by atoms with Gasteiger partial charge in [0.1, 0.15) is 6.61 Å². The molecule has 2 N–H and O–H groups in total. The van der Waals surface area contributed by atoms with Crippen LogP contribution >= 0.6 is 11.6 Å². The van der Waals surface area contributed by atoms with Crippen molar-refractivity contribution in [2.24, 2.45) is 0 Å². The molecule has 142 valence electrons. The summed E-state index contributed by atoms with van der Waals surface area (Å²) in [5.41, 5.74) is 3.66. The zero-order chi connectivity index (χ0) is 19.4. The largest absolute Gasteiger partial charge is 0.365 e. The number of amides is 3. The van der Waals surface area contributed by atoms with E-state index in [0.29, 0.717) is 23.8 Å². The number of hydrogen-bond acceptors (Lipinski definition) is 3. The first-order valence-corrected chi connectivity index (χ1v) is 9.09. The Morgan fingerprint density at radius 3 is 2.67 bits per heavy atom. The minimum atomic E-state index is -0.351. The van der Waals surface area contributed by atoms with Crippen LogP contribution in [-0.4, -0.2) is 37.7 Å². The quantitative estimate of drug-likeness (QED) is 0.843. The highest BCUT2D eigenvalue weighted by atomic mass is 35.5. The van der Waals surface area contributed by atoms with Gasteiger partial charge in [0.15, 0.2) is 0 Å². The second-order valence-corrected chi connectivity index (χ2v) is 7.07. The Labute approximate surface area is 163 Å². The molecule has 6 nitrogen and oxygen atoms in total. The number of rotatable bonds is 4. The van der Waals surface area contributed by atoms with Crippen molar-refractivity contribution in [3.8, 4) is 0 Å². The molecule has 1 heterocycles. The highest BCUT2D eigenvalue weighted by Gasteiger charge is 2.28. The predicted molar refractivity (Wildman–Crippen MR) is 106 cm³/mol. The number of benzene rings is 2. The van der Waals surface area contributed by atoms with E-state index in [0.717, 1.165) is 16.8 Å². The molecular formula is C20H22ClN3O3. The summed E-state index contributed by atoms with van der Waals surface area (Å²) in [6, 6.07) is 12.6. The summed E-state index contributed by atoms with van der Waals surface area (Å²) < 4.78 is 5.57. The van der Waals surface area contributed by atoms with E-state index < -0.39 is 0 Å². The minimum Gasteiger partial charge on any atom is -0.365 e. The second kappa shape index (κ2) is 8.41. The average Bonchev–Trinajstić information content (AvgIpc) is 2.60. The molecular weight excluding hydrogens is 366 g/mol. The van der Waals surface area contributed by atoms with Gasteiger partial charge in [-0.25, -0.2) is 4.79 Å². The maximum Gasteiger partial charge on any atom is 0.319 e. The van der Waals surface area contributed by atoms with Crippen LogP contribution < -0.4 is 15.5 Å². The molecule has 0 saturated carbocycles. The topological polar surface area (TPSA) is 70.7 Å². The lowest BCUT2D eigenvalue weighted by Crippen LogP contribution is -2.51. The molecule has 0 aliphatic carbocycles. The second-order valence-electron chi connectivity index (χ2n) is 6.63. The van der Waals surface area contributed by atoms with Crippen LogP contribution in [0.25, 0.3) is 0 Å². The zero-order valence-corrected chi connectivity index (χ0v) is 16.0. The van der Waals surface area contributed by atoms with Gasteiger partial charge in [0.05, 0.1) is 12.6 Å². The van der Waals surface area contributed by atoms with E-state index in [4.69, 9.17) is 16.3 Å². The molecule has 1 unspecified atom stereocenters. The predicted octanol–water partition coefficient (Wildman–Crippen LogP) is 3.51. The minimum absolute atomic E-state index is 0.00471. The normalized spacial score (nSPS) is 16.9. The number of nitrogens with one attached hydrogen (secondary N) is 2. The smallest absolute Gasteiger partial charge is 0.319 e. The first-order valence-electron chi connectivity index (χ1n) is 8.71. The number of urea groups is 1. The maximum absolute atomic E-state index is 12.3. The molecule has 3 rings (SSSR count). The Bertz CT molecular complexity index is 836. The standard InChI is InChI=1S/C20H22ClN3O3/c1-13-6-14(2)8-17(7-13)24-11-18(27-12-19(24)25)10-22-20(26)23-16-5-3-4-15(21)9-16/h3-9,18H,10-12H2,1-2H3,(H2,22,23,26). The molecule has 7 heteroatoms. The summed E-state index contributed by atoms with van der Waals surface area (Å²) >= 11 is 5.91. The Hall–Kier alpha value is -2.57. The van der Waals surface area contributed by atoms with Crippen LogP contribution in [0.15, 0.2) is 42.5 Å². The van der Waals surface area contributed by atoms with Crippen LogP contribution in [0.5, 0.6) is 0 Å². The van der Waals surface area contributed by atoms with Crippen LogP contribution in [0, 0.1) is 13.8 Å². The fourth-order valence-corrected chi connectivity index (χ4v) is 3.24. The summed E-state index contributed by atoms with van der Waals surface area (Å²) in [5.74, 6) is -0.0837. The van der Waals surface area contributed by atoms with Gasteiger partial charge in [0, 0.05) is 22.9 Å². The fraction of sp³-hybridized carbons (Fsp3) is 0.300. The Morgan fingerprint density at radius 1 is 1.22 bits per heavy atom. The first-order chi connectivity index (χ1) is 12.9. The SMILES string of the molecule is Cc1cc(C)cc(N2CC(CNC(=O)Nc3cccc(Cl)c3)OCC2=O)c1. The van der Waals surface area contributed by atoms with Crippen LogP contribution in [-0.2, 0) is 9.53 Å². The molecule has 1 aliphatic rings. The Morgan fingerprint density at radius 2 is 1.96 bits per heavy atom. The molecule has 0 bridgehead atoms. The number of ether oxygens (including phenoxy) is 1. The summed E-state index contributed by atoms with van der Waals surface area (Å²) in [7, 11) is 0. The number of halogens is 1. The van der Waals surface area contributed by atoms with Crippen LogP contribution in [0.1, 0.15) is 11.1 Å². The zero-order valence-electron chi connectivity index (χ0n) is 15.3. The van der Waals surface area contributed by atoms with E-state index in [1.807, 2.05) is 26.0 Å². The van der Waals surface area contributed by atoms with Crippen molar-refractivity contribution in [2.45, 2.75) is 20.0 Å². The molecule has 0 spiro atoms. The maximum atomic E-state index is 12.3. The van der Waals surface area contributed by atoms with Gasteiger partial charge < -0.3 is 20.3 Å². The monoisotopic (exact) mass is 387 g/mol. The van der Waals surface area contributed by atoms with Gasteiger partial charge in [-0.3, -0.25) is 4.79 Å². The summed E-state index contributed by atoms with van der Waals surface area (Å²) in [4.78, 5) is 26.0. The third-order valence-corrected chi connectivity index (χ3v) is 4.46. The third kappa shape index (κ3) is 5.21. The van der Waals surface area contributed by atoms with E-state index in [1.165, 1.54) is 0 Å². The Balaban J connectivity index is 1.57.